The van der Waals surface area contributed by atoms with Crippen LogP contribution in [-0.2, 0) is 6.42 Å². The van der Waals surface area contributed by atoms with E-state index in [4.69, 9.17) is 39.5 Å². The highest BCUT2D eigenvalue weighted by Gasteiger charge is 2.29. The van der Waals surface area contributed by atoms with Crippen LogP contribution >= 0.6 is 23.2 Å². The van der Waals surface area contributed by atoms with Crippen molar-refractivity contribution in [2.45, 2.75) is 18.9 Å². The van der Waals surface area contributed by atoms with Gasteiger partial charge in [-0.1, -0.05) is 29.3 Å². The first-order chi connectivity index (χ1) is 16.8. The molecule has 2 aromatic heterocycles. The quantitative estimate of drug-likeness (QED) is 0.240. The minimum Gasteiger partial charge on any atom is -0.504 e. The van der Waals surface area contributed by atoms with Gasteiger partial charge in [0.2, 0.25) is 0 Å². The number of aliphatic hydroxyl groups excluding tert-OH is 1. The smallest absolute Gasteiger partial charge is 0.253 e. The van der Waals surface area contributed by atoms with Crippen molar-refractivity contribution in [3.05, 3.63) is 69.6 Å². The lowest BCUT2D eigenvalue weighted by atomic mass is 10.0. The van der Waals surface area contributed by atoms with Gasteiger partial charge in [0.25, 0.3) is 5.91 Å². The number of nitrogens with one attached hydrogen (secondary N) is 2. The van der Waals surface area contributed by atoms with Crippen LogP contribution in [0.3, 0.4) is 0 Å². The van der Waals surface area contributed by atoms with E-state index >= 15 is 0 Å². The summed E-state index contributed by atoms with van der Waals surface area (Å²) in [6.45, 7) is 0.980. The molecular weight excluding hydrogens is 491 g/mol. The summed E-state index contributed by atoms with van der Waals surface area (Å²) in [5.74, 6) is -0.656. The molecule has 0 saturated carbocycles. The van der Waals surface area contributed by atoms with Crippen LogP contribution in [0.15, 0.2) is 42.9 Å². The fourth-order valence-corrected chi connectivity index (χ4v) is 4.59. The molecule has 1 aliphatic heterocycles. The molecule has 35 heavy (non-hydrogen) atoms. The first-order valence-electron chi connectivity index (χ1n) is 10.9. The Hall–Kier alpha value is -3.40. The number of anilines is 1. The molecule has 1 amide bonds. The van der Waals surface area contributed by atoms with E-state index in [1.807, 2.05) is 6.07 Å². The SMILES string of the molecule is N=C(N)c1c(Cl)cnc(N2CC[C@@H](NC(=O)c3ccc(-c4cncc(CCO)c4)cc3Cl)C2)c1O. The molecule has 1 fully saturated rings. The number of nitrogens with zero attached hydrogens (tertiary/aromatic N) is 3. The number of benzene rings is 1. The topological polar surface area (TPSA) is 148 Å². The first-order valence-corrected chi connectivity index (χ1v) is 11.7. The molecule has 1 aliphatic rings. The third kappa shape index (κ3) is 5.32. The summed E-state index contributed by atoms with van der Waals surface area (Å²) < 4.78 is 0. The number of carbonyl (C=O) groups excluding carboxylic acids is 1. The van der Waals surface area contributed by atoms with Crippen molar-refractivity contribution in [3.63, 3.8) is 0 Å². The Bertz CT molecular complexity index is 1290. The molecule has 0 unspecified atom stereocenters. The molecule has 3 aromatic rings. The van der Waals surface area contributed by atoms with Crippen LogP contribution in [0.25, 0.3) is 11.1 Å². The van der Waals surface area contributed by atoms with Crippen molar-refractivity contribution < 1.29 is 15.0 Å². The van der Waals surface area contributed by atoms with E-state index in [0.717, 1.165) is 16.7 Å². The minimum absolute atomic E-state index is 0.0353. The summed E-state index contributed by atoms with van der Waals surface area (Å²) in [4.78, 5) is 23.1. The van der Waals surface area contributed by atoms with Gasteiger partial charge in [-0.25, -0.2) is 4.98 Å². The lowest BCUT2D eigenvalue weighted by Gasteiger charge is -2.20. The molecule has 11 heteroatoms. The second-order valence-electron chi connectivity index (χ2n) is 8.22. The first kappa shape index (κ1) is 24.7. The van der Waals surface area contributed by atoms with E-state index in [1.165, 1.54) is 6.20 Å². The van der Waals surface area contributed by atoms with Crippen LogP contribution < -0.4 is 16.0 Å². The number of halogens is 2. The molecule has 4 rings (SSSR count). The zero-order valence-electron chi connectivity index (χ0n) is 18.6. The Balaban J connectivity index is 1.45. The van der Waals surface area contributed by atoms with E-state index < -0.39 is 0 Å². The van der Waals surface area contributed by atoms with Gasteiger partial charge in [0.05, 0.1) is 21.2 Å². The summed E-state index contributed by atoms with van der Waals surface area (Å²) in [6.07, 6.45) is 5.89. The van der Waals surface area contributed by atoms with Crippen molar-refractivity contribution in [2.24, 2.45) is 5.73 Å². The molecule has 182 valence electrons. The molecule has 1 aromatic carbocycles. The Kier molecular flexibility index (Phi) is 7.39. The highest BCUT2D eigenvalue weighted by atomic mass is 35.5. The Morgan fingerprint density at radius 3 is 2.71 bits per heavy atom. The number of aliphatic hydroxyl groups is 1. The lowest BCUT2D eigenvalue weighted by molar-refractivity contribution is 0.0940. The molecule has 6 N–H and O–H groups in total. The number of hydrogen-bond donors (Lipinski definition) is 5. The van der Waals surface area contributed by atoms with Crippen LogP contribution in [0, 0.1) is 5.41 Å². The van der Waals surface area contributed by atoms with Gasteiger partial charge in [0.1, 0.15) is 5.84 Å². The predicted octanol–water partition coefficient (Wildman–Crippen LogP) is 2.98. The summed E-state index contributed by atoms with van der Waals surface area (Å²) in [7, 11) is 0. The molecule has 9 nitrogen and oxygen atoms in total. The highest BCUT2D eigenvalue weighted by molar-refractivity contribution is 6.34. The van der Waals surface area contributed by atoms with Crippen LogP contribution in [0.1, 0.15) is 27.9 Å². The van der Waals surface area contributed by atoms with Gasteiger partial charge in [-0.15, -0.1) is 0 Å². The molecule has 0 spiro atoms. The number of hydrogen-bond acceptors (Lipinski definition) is 7. The number of amides is 1. The number of aromatic hydroxyl groups is 1. The van der Waals surface area contributed by atoms with Gasteiger partial charge in [-0.2, -0.15) is 0 Å². The monoisotopic (exact) mass is 514 g/mol. The molecule has 1 saturated heterocycles. The van der Waals surface area contributed by atoms with Crippen molar-refractivity contribution in [3.8, 4) is 16.9 Å². The van der Waals surface area contributed by atoms with Crippen molar-refractivity contribution >= 4 is 40.8 Å². The van der Waals surface area contributed by atoms with Gasteiger partial charge < -0.3 is 26.2 Å². The second-order valence-corrected chi connectivity index (χ2v) is 9.04. The number of nitrogens with two attached hydrogens (primary N) is 1. The van der Waals surface area contributed by atoms with E-state index in [1.54, 1.807) is 35.5 Å². The molecule has 0 bridgehead atoms. The summed E-state index contributed by atoms with van der Waals surface area (Å²) in [5.41, 5.74) is 8.48. The molecule has 1 atom stereocenters. The predicted molar refractivity (Wildman–Crippen MR) is 135 cm³/mol. The zero-order chi connectivity index (χ0) is 25.1. The third-order valence-electron chi connectivity index (χ3n) is 5.82. The van der Waals surface area contributed by atoms with Gasteiger partial charge in [-0.05, 0) is 42.2 Å². The van der Waals surface area contributed by atoms with E-state index in [9.17, 15) is 9.90 Å². The average Bonchev–Trinajstić information content (AvgIpc) is 3.27. The van der Waals surface area contributed by atoms with Crippen LogP contribution in [0.2, 0.25) is 10.0 Å². The maximum Gasteiger partial charge on any atom is 0.253 e. The molecule has 0 radical (unpaired) electrons. The summed E-state index contributed by atoms with van der Waals surface area (Å²) >= 11 is 12.5. The fourth-order valence-electron chi connectivity index (χ4n) is 4.08. The number of nitrogen functional groups attached to an aromatic ring is 1. The minimum atomic E-state index is -0.353. The van der Waals surface area contributed by atoms with Crippen LogP contribution in [-0.4, -0.2) is 57.7 Å². The Labute approximate surface area is 212 Å². The molecule has 3 heterocycles. The third-order valence-corrected chi connectivity index (χ3v) is 6.42. The van der Waals surface area contributed by atoms with E-state index in [0.29, 0.717) is 36.5 Å². The van der Waals surface area contributed by atoms with Crippen molar-refractivity contribution in [1.82, 2.24) is 15.3 Å². The summed E-state index contributed by atoms with van der Waals surface area (Å²) in [6, 6.07) is 6.93. The van der Waals surface area contributed by atoms with Gasteiger partial charge in [0.15, 0.2) is 11.6 Å². The maximum atomic E-state index is 12.9. The molecule has 0 aliphatic carbocycles. The van der Waals surface area contributed by atoms with Crippen LogP contribution in [0.5, 0.6) is 5.75 Å². The van der Waals surface area contributed by atoms with Crippen LogP contribution in [0.4, 0.5) is 5.82 Å². The normalized spacial score (nSPS) is 15.3. The zero-order valence-corrected chi connectivity index (χ0v) is 20.1. The van der Waals surface area contributed by atoms with E-state index in [2.05, 4.69) is 15.3 Å². The fraction of sp³-hybridized carbons (Fsp3) is 0.250. The Morgan fingerprint density at radius 2 is 2.00 bits per heavy atom. The second kappa shape index (κ2) is 10.5. The van der Waals surface area contributed by atoms with Gasteiger partial charge in [-0.3, -0.25) is 15.2 Å². The number of amidine groups is 1. The van der Waals surface area contributed by atoms with Gasteiger partial charge >= 0.3 is 0 Å². The maximum absolute atomic E-state index is 12.9. The number of carbonyl (C=O) groups is 1. The summed E-state index contributed by atoms with van der Waals surface area (Å²) in [5, 5.41) is 30.7. The molecular formula is C24H24Cl2N6O3. The number of pyridine rings is 2. The van der Waals surface area contributed by atoms with Gasteiger partial charge in [0, 0.05) is 49.9 Å². The van der Waals surface area contributed by atoms with Crippen molar-refractivity contribution in [1.29, 1.82) is 5.41 Å². The van der Waals surface area contributed by atoms with Crippen molar-refractivity contribution in [2.75, 3.05) is 24.6 Å². The number of aromatic nitrogens is 2. The number of rotatable bonds is 7. The largest absolute Gasteiger partial charge is 0.504 e. The average molecular weight is 515 g/mol. The standard InChI is InChI=1S/C24H24Cl2N6O3/c25-18-8-14(15-7-13(4-6-33)9-29-10-15)1-2-17(18)24(35)31-16-3-5-32(12-16)23-21(34)20(22(27)28)19(26)11-30-23/h1-2,7-11,16,33-34H,3-6,12H2,(H3,27,28)(H,31,35)/t16-/m1/s1. The highest BCUT2D eigenvalue weighted by Crippen LogP contribution is 2.35. The Morgan fingerprint density at radius 1 is 1.20 bits per heavy atom. The lowest BCUT2D eigenvalue weighted by Crippen LogP contribution is -2.37. The van der Waals surface area contributed by atoms with E-state index in [-0.39, 0.29) is 46.5 Å².